The van der Waals surface area contributed by atoms with E-state index in [1.807, 2.05) is 0 Å². The number of aliphatic carboxylic acids is 1. The minimum Gasteiger partial charge on any atom is -0.481 e. The fraction of sp³-hybridized carbons (Fsp3) is 0.918. The fourth-order valence-corrected chi connectivity index (χ4v) is 8.44. The molecule has 3 amide bonds. The van der Waals surface area contributed by atoms with Crippen LogP contribution in [0.5, 0.6) is 0 Å². The fourth-order valence-electron chi connectivity index (χ4n) is 8.44. The Morgan fingerprint density at radius 3 is 1.33 bits per heavy atom. The molecule has 6 N–H and O–H groups in total. The lowest BCUT2D eigenvalue weighted by Gasteiger charge is -2.47. The monoisotopic (exact) mass is 868 g/mol. The molecule has 12 nitrogen and oxygen atoms in total. The van der Waals surface area contributed by atoms with Gasteiger partial charge in [-0.3, -0.25) is 19.2 Å². The maximum atomic E-state index is 14.0. The molecule has 0 saturated carbocycles. The summed E-state index contributed by atoms with van der Waals surface area (Å²) in [6, 6.07) is -1.21. The molecule has 1 aliphatic rings. The topological polar surface area (TPSA) is 186 Å². The highest BCUT2D eigenvalue weighted by Crippen LogP contribution is 2.26. The molecule has 0 bridgehead atoms. The van der Waals surface area contributed by atoms with Gasteiger partial charge in [-0.05, 0) is 19.3 Å². The van der Waals surface area contributed by atoms with E-state index >= 15 is 0 Å². The number of rotatable bonds is 42. The molecule has 0 aromatic heterocycles. The first-order valence-electron chi connectivity index (χ1n) is 25.4. The largest absolute Gasteiger partial charge is 0.481 e. The molecule has 0 spiro atoms. The van der Waals surface area contributed by atoms with Crippen LogP contribution in [0.25, 0.3) is 0 Å². The van der Waals surface area contributed by atoms with Gasteiger partial charge in [0.2, 0.25) is 17.7 Å². The quantitative estimate of drug-likeness (QED) is 0.0325. The molecule has 1 aliphatic heterocycles. The van der Waals surface area contributed by atoms with Gasteiger partial charge in [0.05, 0.1) is 13.2 Å². The van der Waals surface area contributed by atoms with Gasteiger partial charge in [0, 0.05) is 25.8 Å². The van der Waals surface area contributed by atoms with Gasteiger partial charge >= 0.3 is 5.97 Å². The Hall–Kier alpha value is -2.28. The summed E-state index contributed by atoms with van der Waals surface area (Å²) in [5.74, 6) is -2.32. The number of hydrogen-bond donors (Lipinski definition) is 6. The average Bonchev–Trinajstić information content (AvgIpc) is 3.24. The average molecular weight is 868 g/mol. The Morgan fingerprint density at radius 2 is 0.918 bits per heavy atom. The highest BCUT2D eigenvalue weighted by molar-refractivity contribution is 5.85. The van der Waals surface area contributed by atoms with Gasteiger partial charge in [-0.2, -0.15) is 0 Å². The number of carboxylic acid groups (broad SMARTS) is 1. The standard InChI is InChI=1S/C49H93N3O9/c1-3-5-7-9-11-13-15-17-19-21-23-25-27-29-31-33-38-52(44(56)36-32-30-28-26-24-22-20-18-16-14-12-10-8-6-4-2)49-46(48(60)47(59)41(40-53)61-49)51-43(55)39-50-42(54)35-34-37-45(57)58/h41,46-49,53,59-60H,3-40H2,1-2H3,(H,50,54)(H,51,55)(H,57,58)/t41-,46-,47-,48-,49-/m1/s1. The Balaban J connectivity index is 2.70. The van der Waals surface area contributed by atoms with Crippen molar-refractivity contribution in [3.8, 4) is 0 Å². The minimum absolute atomic E-state index is 0.0604. The van der Waals surface area contributed by atoms with E-state index in [9.17, 15) is 34.5 Å². The maximum absolute atomic E-state index is 14.0. The van der Waals surface area contributed by atoms with Crippen LogP contribution in [0.4, 0.5) is 0 Å². The number of nitrogens with zero attached hydrogens (tertiary/aromatic N) is 1. The van der Waals surface area contributed by atoms with Crippen molar-refractivity contribution in [3.63, 3.8) is 0 Å². The summed E-state index contributed by atoms with van der Waals surface area (Å²) in [6.07, 6.45) is 32.8. The summed E-state index contributed by atoms with van der Waals surface area (Å²) >= 11 is 0. The van der Waals surface area contributed by atoms with Crippen molar-refractivity contribution in [1.82, 2.24) is 15.5 Å². The van der Waals surface area contributed by atoms with Crippen LogP contribution in [0.1, 0.15) is 239 Å². The van der Waals surface area contributed by atoms with Gasteiger partial charge < -0.3 is 40.7 Å². The van der Waals surface area contributed by atoms with Crippen molar-refractivity contribution < 1.29 is 44.3 Å². The molecule has 1 rings (SSSR count). The zero-order valence-electron chi connectivity index (χ0n) is 39.0. The van der Waals surface area contributed by atoms with E-state index in [2.05, 4.69) is 24.5 Å². The number of carbonyl (C=O) groups is 4. The predicted octanol–water partition coefficient (Wildman–Crippen LogP) is 9.63. The number of aliphatic hydroxyl groups is 3. The lowest BCUT2D eigenvalue weighted by molar-refractivity contribution is -0.231. The van der Waals surface area contributed by atoms with Gasteiger partial charge in [0.1, 0.15) is 24.4 Å². The summed E-state index contributed by atoms with van der Waals surface area (Å²) in [7, 11) is 0. The van der Waals surface area contributed by atoms with Crippen molar-refractivity contribution >= 4 is 23.7 Å². The molecule has 0 aliphatic carbocycles. The van der Waals surface area contributed by atoms with Crippen LogP contribution in [0.2, 0.25) is 0 Å². The molecule has 1 heterocycles. The summed E-state index contributed by atoms with van der Waals surface area (Å²) in [5, 5.41) is 46.0. The number of carboxylic acids is 1. The second-order valence-corrected chi connectivity index (χ2v) is 17.9. The number of nitrogens with one attached hydrogen (secondary N) is 2. The van der Waals surface area contributed by atoms with E-state index in [0.717, 1.165) is 38.5 Å². The van der Waals surface area contributed by atoms with E-state index in [1.54, 1.807) is 4.90 Å². The summed E-state index contributed by atoms with van der Waals surface area (Å²) in [4.78, 5) is 51.6. The molecule has 61 heavy (non-hydrogen) atoms. The Morgan fingerprint density at radius 1 is 0.508 bits per heavy atom. The number of unbranched alkanes of at least 4 members (excludes halogenated alkanes) is 29. The summed E-state index contributed by atoms with van der Waals surface area (Å²) in [6.45, 7) is 3.83. The van der Waals surface area contributed by atoms with Crippen LogP contribution < -0.4 is 10.6 Å². The van der Waals surface area contributed by atoms with E-state index in [0.29, 0.717) is 19.4 Å². The third-order valence-corrected chi connectivity index (χ3v) is 12.3. The normalized spacial score (nSPS) is 18.9. The zero-order valence-corrected chi connectivity index (χ0v) is 39.0. The summed E-state index contributed by atoms with van der Waals surface area (Å²) in [5.41, 5.74) is 0. The molecule has 12 heteroatoms. The predicted molar refractivity (Wildman–Crippen MR) is 245 cm³/mol. The first-order chi connectivity index (χ1) is 29.7. The molecule has 358 valence electrons. The van der Waals surface area contributed by atoms with Crippen LogP contribution >= 0.6 is 0 Å². The number of ether oxygens (including phenoxy) is 1. The van der Waals surface area contributed by atoms with Crippen LogP contribution in [0.15, 0.2) is 0 Å². The molecular weight excluding hydrogens is 775 g/mol. The first-order valence-corrected chi connectivity index (χ1v) is 25.4. The SMILES string of the molecule is CCCCCCCCCCCCCCCCCCN(C(=O)CCCCCCCCCCCCCCCCC)[C@@H]1O[C@H](CO)[C@@H](O)[C@H](O)[C@H]1NC(=O)CNC(=O)CCCC(=O)O. The minimum atomic E-state index is -1.54. The molecule has 5 atom stereocenters. The Labute approximate surface area is 371 Å². The molecule has 0 unspecified atom stereocenters. The van der Waals surface area contributed by atoms with E-state index in [-0.39, 0.29) is 31.6 Å². The Bertz CT molecular complexity index is 1100. The zero-order chi connectivity index (χ0) is 44.8. The molecule has 0 radical (unpaired) electrons. The van der Waals surface area contributed by atoms with Crippen LogP contribution in [-0.4, -0.2) is 99.3 Å². The molecule has 0 aromatic rings. The number of amides is 3. The van der Waals surface area contributed by atoms with Gasteiger partial charge in [-0.1, -0.05) is 200 Å². The van der Waals surface area contributed by atoms with E-state index < -0.39 is 61.5 Å². The lowest BCUT2D eigenvalue weighted by Crippen LogP contribution is -2.69. The molecule has 1 fully saturated rings. The van der Waals surface area contributed by atoms with Gasteiger partial charge in [0.15, 0.2) is 6.23 Å². The number of hydrogen-bond acceptors (Lipinski definition) is 8. The third-order valence-electron chi connectivity index (χ3n) is 12.3. The second kappa shape index (κ2) is 39.3. The molecule has 0 aromatic carbocycles. The first kappa shape index (κ1) is 56.7. The van der Waals surface area contributed by atoms with Crippen molar-refractivity contribution in [3.05, 3.63) is 0 Å². The smallest absolute Gasteiger partial charge is 0.303 e. The van der Waals surface area contributed by atoms with E-state index in [4.69, 9.17) is 9.84 Å². The molecule has 1 saturated heterocycles. The van der Waals surface area contributed by atoms with Gasteiger partial charge in [-0.15, -0.1) is 0 Å². The number of carbonyl (C=O) groups excluding carboxylic acids is 3. The highest BCUT2D eigenvalue weighted by Gasteiger charge is 2.48. The Kier molecular flexibility index (Phi) is 36.6. The van der Waals surface area contributed by atoms with Crippen LogP contribution in [0, 0.1) is 0 Å². The third kappa shape index (κ3) is 29.7. The second-order valence-electron chi connectivity index (χ2n) is 17.9. The highest BCUT2D eigenvalue weighted by atomic mass is 16.5. The van der Waals surface area contributed by atoms with Gasteiger partial charge in [-0.25, -0.2) is 0 Å². The van der Waals surface area contributed by atoms with Crippen molar-refractivity contribution in [2.75, 3.05) is 19.7 Å². The van der Waals surface area contributed by atoms with Crippen LogP contribution in [-0.2, 0) is 23.9 Å². The van der Waals surface area contributed by atoms with Gasteiger partial charge in [0.25, 0.3) is 0 Å². The summed E-state index contributed by atoms with van der Waals surface area (Å²) < 4.78 is 6.11. The maximum Gasteiger partial charge on any atom is 0.303 e. The van der Waals surface area contributed by atoms with Crippen LogP contribution in [0.3, 0.4) is 0 Å². The van der Waals surface area contributed by atoms with Crippen molar-refractivity contribution in [1.29, 1.82) is 0 Å². The van der Waals surface area contributed by atoms with Crippen molar-refractivity contribution in [2.45, 2.75) is 269 Å². The van der Waals surface area contributed by atoms with Crippen molar-refractivity contribution in [2.24, 2.45) is 0 Å². The lowest BCUT2D eigenvalue weighted by atomic mass is 9.94. The molecular formula is C49H93N3O9. The number of aliphatic hydroxyl groups excluding tert-OH is 3. The van der Waals surface area contributed by atoms with E-state index in [1.165, 1.54) is 148 Å².